The molecule has 3 aromatic carbocycles. The molecule has 5 heteroatoms. The van der Waals surface area contributed by atoms with E-state index in [0.717, 1.165) is 21.9 Å². The summed E-state index contributed by atoms with van der Waals surface area (Å²) < 4.78 is 4.84. The Bertz CT molecular complexity index is 1050. The number of carbonyl (C=O) groups is 1. The predicted octanol–water partition coefficient (Wildman–Crippen LogP) is 4.45. The number of carbonyl (C=O) groups excluding carboxylic acids is 1. The summed E-state index contributed by atoms with van der Waals surface area (Å²) >= 11 is 0. The molecular weight excluding hydrogens is 314 g/mol. The molecule has 25 heavy (non-hydrogen) atoms. The lowest BCUT2D eigenvalue weighted by molar-refractivity contribution is 0.102. The summed E-state index contributed by atoms with van der Waals surface area (Å²) in [5.74, 6) is 0.0580. The molecule has 0 unspecified atom stereocenters. The van der Waals surface area contributed by atoms with Gasteiger partial charge in [0.05, 0.1) is 0 Å². The molecule has 1 heterocycles. The van der Waals surface area contributed by atoms with Crippen molar-refractivity contribution in [3.8, 4) is 11.3 Å². The minimum absolute atomic E-state index is 0.249. The van der Waals surface area contributed by atoms with Crippen molar-refractivity contribution in [2.45, 2.75) is 6.92 Å². The van der Waals surface area contributed by atoms with Crippen LogP contribution >= 0.6 is 0 Å². The van der Waals surface area contributed by atoms with Crippen molar-refractivity contribution >= 4 is 22.5 Å². The second-order valence-corrected chi connectivity index (χ2v) is 5.81. The smallest absolute Gasteiger partial charge is 0.257 e. The van der Waals surface area contributed by atoms with E-state index in [0.29, 0.717) is 17.1 Å². The molecule has 1 amide bonds. The number of rotatable bonds is 3. The fraction of sp³-hybridized carbons (Fsp3) is 0.0500. The fourth-order valence-electron chi connectivity index (χ4n) is 2.77. The molecule has 0 saturated heterocycles. The van der Waals surface area contributed by atoms with Gasteiger partial charge in [-0.25, -0.2) is 4.63 Å². The second-order valence-electron chi connectivity index (χ2n) is 5.81. The molecule has 122 valence electrons. The average molecular weight is 329 g/mol. The SMILES string of the molecule is Cc1ccc(-c2nonc2NC(=O)c2cccc3ccccc23)cc1. The van der Waals surface area contributed by atoms with E-state index in [2.05, 4.69) is 15.6 Å². The highest BCUT2D eigenvalue weighted by molar-refractivity contribution is 6.13. The molecule has 4 rings (SSSR count). The zero-order chi connectivity index (χ0) is 17.2. The molecule has 0 radical (unpaired) electrons. The molecule has 0 fully saturated rings. The van der Waals surface area contributed by atoms with Gasteiger partial charge in [-0.2, -0.15) is 0 Å². The second kappa shape index (κ2) is 6.20. The third-order valence-corrected chi connectivity index (χ3v) is 4.08. The van der Waals surface area contributed by atoms with Crippen molar-refractivity contribution in [3.05, 3.63) is 77.9 Å². The minimum atomic E-state index is -0.249. The van der Waals surface area contributed by atoms with Crippen molar-refractivity contribution in [2.24, 2.45) is 0 Å². The average Bonchev–Trinajstić information content (AvgIpc) is 3.10. The Kier molecular flexibility index (Phi) is 3.74. The predicted molar refractivity (Wildman–Crippen MR) is 96.4 cm³/mol. The number of aryl methyl sites for hydroxylation is 1. The number of benzene rings is 3. The third kappa shape index (κ3) is 2.87. The van der Waals surface area contributed by atoms with E-state index in [1.807, 2.05) is 67.6 Å². The molecular formula is C20H15N3O2. The Labute approximate surface area is 144 Å². The van der Waals surface area contributed by atoms with E-state index in [9.17, 15) is 4.79 Å². The van der Waals surface area contributed by atoms with E-state index < -0.39 is 0 Å². The molecule has 0 aliphatic rings. The van der Waals surface area contributed by atoms with Gasteiger partial charge in [-0.15, -0.1) is 0 Å². The maximum Gasteiger partial charge on any atom is 0.257 e. The Hall–Kier alpha value is -3.47. The van der Waals surface area contributed by atoms with Gasteiger partial charge in [0.1, 0.15) is 0 Å². The molecule has 0 bridgehead atoms. The number of anilines is 1. The summed E-state index contributed by atoms with van der Waals surface area (Å²) in [6, 6.07) is 21.2. The highest BCUT2D eigenvalue weighted by Crippen LogP contribution is 2.26. The molecule has 1 aromatic heterocycles. The first kappa shape index (κ1) is 15.1. The van der Waals surface area contributed by atoms with Gasteiger partial charge in [0.25, 0.3) is 5.91 Å². The lowest BCUT2D eigenvalue weighted by Gasteiger charge is -2.07. The third-order valence-electron chi connectivity index (χ3n) is 4.08. The van der Waals surface area contributed by atoms with Crippen LogP contribution in [0.3, 0.4) is 0 Å². The largest absolute Gasteiger partial charge is 0.302 e. The minimum Gasteiger partial charge on any atom is -0.302 e. The monoisotopic (exact) mass is 329 g/mol. The van der Waals surface area contributed by atoms with Crippen molar-refractivity contribution in [1.29, 1.82) is 0 Å². The van der Waals surface area contributed by atoms with Gasteiger partial charge in [0.15, 0.2) is 5.69 Å². The van der Waals surface area contributed by atoms with Crippen molar-refractivity contribution < 1.29 is 9.42 Å². The zero-order valence-electron chi connectivity index (χ0n) is 13.6. The number of nitrogens with zero attached hydrogens (tertiary/aromatic N) is 2. The lowest BCUT2D eigenvalue weighted by atomic mass is 10.0. The number of hydrogen-bond donors (Lipinski definition) is 1. The number of fused-ring (bicyclic) bond motifs is 1. The Morgan fingerprint density at radius 1 is 0.920 bits per heavy atom. The lowest BCUT2D eigenvalue weighted by Crippen LogP contribution is -2.13. The van der Waals surface area contributed by atoms with Crippen LogP contribution in [0.15, 0.2) is 71.4 Å². The van der Waals surface area contributed by atoms with Gasteiger partial charge < -0.3 is 5.32 Å². The first-order valence-electron chi connectivity index (χ1n) is 7.91. The normalized spacial score (nSPS) is 10.8. The van der Waals surface area contributed by atoms with Crippen LogP contribution in [0.4, 0.5) is 5.82 Å². The molecule has 4 aromatic rings. The maximum absolute atomic E-state index is 12.7. The van der Waals surface area contributed by atoms with Gasteiger partial charge in [-0.1, -0.05) is 66.2 Å². The first-order chi connectivity index (χ1) is 12.2. The van der Waals surface area contributed by atoms with Crippen molar-refractivity contribution in [3.63, 3.8) is 0 Å². The summed E-state index contributed by atoms with van der Waals surface area (Å²) in [4.78, 5) is 12.7. The van der Waals surface area contributed by atoms with Gasteiger partial charge in [-0.05, 0) is 34.1 Å². The van der Waals surface area contributed by atoms with E-state index in [4.69, 9.17) is 4.63 Å². The summed E-state index contributed by atoms with van der Waals surface area (Å²) in [7, 11) is 0. The molecule has 5 nitrogen and oxygen atoms in total. The van der Waals surface area contributed by atoms with E-state index in [1.165, 1.54) is 0 Å². The van der Waals surface area contributed by atoms with Crippen molar-refractivity contribution in [2.75, 3.05) is 5.32 Å². The highest BCUT2D eigenvalue weighted by atomic mass is 16.6. The van der Waals surface area contributed by atoms with E-state index >= 15 is 0 Å². The molecule has 0 spiro atoms. The summed E-state index contributed by atoms with van der Waals surface area (Å²) in [5.41, 5.74) is 3.06. The Morgan fingerprint density at radius 2 is 1.68 bits per heavy atom. The Morgan fingerprint density at radius 3 is 2.52 bits per heavy atom. The van der Waals surface area contributed by atoms with Crippen LogP contribution in [0.25, 0.3) is 22.0 Å². The quantitative estimate of drug-likeness (QED) is 0.603. The van der Waals surface area contributed by atoms with Crippen LogP contribution in [0, 0.1) is 6.92 Å². The standard InChI is InChI=1S/C20H15N3O2/c1-13-9-11-15(12-10-13)18-19(23-25-22-18)21-20(24)17-8-4-6-14-5-2-3-7-16(14)17/h2-12H,1H3,(H,21,23,24). The van der Waals surface area contributed by atoms with Crippen LogP contribution in [0.5, 0.6) is 0 Å². The van der Waals surface area contributed by atoms with Crippen LogP contribution in [-0.2, 0) is 0 Å². The summed E-state index contributed by atoms with van der Waals surface area (Å²) in [6.45, 7) is 2.01. The van der Waals surface area contributed by atoms with Gasteiger partial charge in [0.2, 0.25) is 5.82 Å². The molecule has 0 aliphatic heterocycles. The van der Waals surface area contributed by atoms with Gasteiger partial charge in [0, 0.05) is 11.1 Å². The number of nitrogens with one attached hydrogen (secondary N) is 1. The molecule has 0 saturated carbocycles. The maximum atomic E-state index is 12.7. The zero-order valence-corrected chi connectivity index (χ0v) is 13.6. The summed E-state index contributed by atoms with van der Waals surface area (Å²) in [5, 5.41) is 12.5. The van der Waals surface area contributed by atoms with Crippen LogP contribution in [0.2, 0.25) is 0 Å². The summed E-state index contributed by atoms with van der Waals surface area (Å²) in [6.07, 6.45) is 0. The molecule has 0 aliphatic carbocycles. The number of aromatic nitrogens is 2. The van der Waals surface area contributed by atoms with Crippen LogP contribution < -0.4 is 5.32 Å². The first-order valence-corrected chi connectivity index (χ1v) is 7.91. The number of amides is 1. The fourth-order valence-corrected chi connectivity index (χ4v) is 2.77. The van der Waals surface area contributed by atoms with Gasteiger partial charge >= 0.3 is 0 Å². The Balaban J connectivity index is 1.68. The van der Waals surface area contributed by atoms with Crippen molar-refractivity contribution in [1.82, 2.24) is 10.3 Å². The molecule has 1 N–H and O–H groups in total. The topological polar surface area (TPSA) is 68.0 Å². The number of hydrogen-bond acceptors (Lipinski definition) is 4. The van der Waals surface area contributed by atoms with Gasteiger partial charge in [-0.3, -0.25) is 4.79 Å². The van der Waals surface area contributed by atoms with Crippen LogP contribution in [-0.4, -0.2) is 16.2 Å². The molecule has 0 atom stereocenters. The van der Waals surface area contributed by atoms with E-state index in [1.54, 1.807) is 6.07 Å². The van der Waals surface area contributed by atoms with E-state index in [-0.39, 0.29) is 5.91 Å². The van der Waals surface area contributed by atoms with Crippen LogP contribution in [0.1, 0.15) is 15.9 Å². The highest BCUT2D eigenvalue weighted by Gasteiger charge is 2.17.